The molecule has 6 heteroatoms. The van der Waals surface area contributed by atoms with Gasteiger partial charge in [-0.25, -0.2) is 15.0 Å². The molecule has 0 saturated carbocycles. The zero-order valence-electron chi connectivity index (χ0n) is 30.4. The van der Waals surface area contributed by atoms with Gasteiger partial charge in [0.1, 0.15) is 0 Å². The topological polar surface area (TPSA) is 43.6 Å². The van der Waals surface area contributed by atoms with Gasteiger partial charge in [-0.05, 0) is 48.0 Å². The van der Waals surface area contributed by atoms with Crippen LogP contribution in [0.5, 0.6) is 0 Å². The molecule has 0 fully saturated rings. The van der Waals surface area contributed by atoms with Gasteiger partial charge in [-0.3, -0.25) is 0 Å². The quantitative estimate of drug-likeness (QED) is 0.175. The van der Waals surface area contributed by atoms with Crippen molar-refractivity contribution >= 4 is 84.8 Å². The van der Waals surface area contributed by atoms with E-state index in [2.05, 4.69) is 150 Å². The number of aromatic nitrogens is 4. The second-order valence-corrected chi connectivity index (χ2v) is 16.5. The van der Waals surface area contributed by atoms with Crippen LogP contribution in [0.4, 0.5) is 0 Å². The monoisotopic (exact) mass is 762 g/mol. The SMILES string of the molecule is c1ccc(-c2nc(-c3ccccc3)nc(-c3cccc4c3c3ccccc3n4-c3cc(-c4cccc5sc6ccccc6c45)c4sc5ccccc5c4c3)n2)cc1. The average molecular weight is 763 g/mol. The minimum Gasteiger partial charge on any atom is -0.309 e. The van der Waals surface area contributed by atoms with E-state index in [4.69, 9.17) is 15.0 Å². The third-order valence-corrected chi connectivity index (χ3v) is 13.4. The summed E-state index contributed by atoms with van der Waals surface area (Å²) in [5, 5.41) is 7.41. The number of fused-ring (bicyclic) bond motifs is 9. The Morgan fingerprint density at radius 2 is 0.912 bits per heavy atom. The standard InChI is InChI=1S/C51H30N4S2/c1-3-15-31(16-4-1)49-52-50(32-17-5-2-6-18-32)54-51(53-49)38-23-13-25-42-46(38)36-20-7-10-24-41(36)55(42)33-29-39-34-19-8-11-26-43(34)57-48(39)40(30-33)35-22-14-28-45-47(35)37-21-9-12-27-44(37)56-45/h1-30H. The molecule has 0 saturated heterocycles. The van der Waals surface area contributed by atoms with E-state index in [-0.39, 0.29) is 0 Å². The number of hydrogen-bond acceptors (Lipinski definition) is 5. The number of benzene rings is 8. The fraction of sp³-hybridized carbons (Fsp3) is 0. The number of nitrogens with zero attached hydrogens (tertiary/aromatic N) is 4. The van der Waals surface area contributed by atoms with Crippen LogP contribution < -0.4 is 0 Å². The summed E-state index contributed by atoms with van der Waals surface area (Å²) in [6, 6.07) is 64.9. The third kappa shape index (κ3) is 5.08. The highest BCUT2D eigenvalue weighted by Gasteiger charge is 2.22. The van der Waals surface area contributed by atoms with Crippen LogP contribution in [0.25, 0.3) is 113 Å². The smallest absolute Gasteiger partial charge is 0.164 e. The maximum Gasteiger partial charge on any atom is 0.164 e. The maximum absolute atomic E-state index is 5.18. The fourth-order valence-electron chi connectivity index (χ4n) is 8.55. The minimum atomic E-state index is 0.646. The highest BCUT2D eigenvalue weighted by atomic mass is 32.1. The van der Waals surface area contributed by atoms with E-state index in [1.54, 1.807) is 0 Å². The fourth-order valence-corrected chi connectivity index (χ4v) is 10.9. The first-order chi connectivity index (χ1) is 28.3. The molecule has 4 heterocycles. The van der Waals surface area contributed by atoms with Crippen molar-refractivity contribution in [3.63, 3.8) is 0 Å². The van der Waals surface area contributed by atoms with Crippen molar-refractivity contribution in [2.75, 3.05) is 0 Å². The Morgan fingerprint density at radius 1 is 0.351 bits per heavy atom. The molecular formula is C51H30N4S2. The van der Waals surface area contributed by atoms with Gasteiger partial charge in [0.2, 0.25) is 0 Å². The Labute approximate surface area is 335 Å². The van der Waals surface area contributed by atoms with Gasteiger partial charge < -0.3 is 4.57 Å². The number of rotatable bonds is 5. The van der Waals surface area contributed by atoms with Crippen molar-refractivity contribution in [3.8, 4) is 51.0 Å². The van der Waals surface area contributed by atoms with Crippen LogP contribution in [-0.4, -0.2) is 19.5 Å². The van der Waals surface area contributed by atoms with Gasteiger partial charge in [-0.1, -0.05) is 140 Å². The van der Waals surface area contributed by atoms with E-state index in [1.165, 1.54) is 51.5 Å². The van der Waals surface area contributed by atoms with E-state index in [9.17, 15) is 0 Å². The lowest BCUT2D eigenvalue weighted by Crippen LogP contribution is -2.00. The molecule has 0 spiro atoms. The van der Waals surface area contributed by atoms with Gasteiger partial charge in [0.15, 0.2) is 17.5 Å². The lowest BCUT2D eigenvalue weighted by Gasteiger charge is -2.14. The highest BCUT2D eigenvalue weighted by Crippen LogP contribution is 2.47. The minimum absolute atomic E-state index is 0.646. The van der Waals surface area contributed by atoms with Gasteiger partial charge >= 0.3 is 0 Å². The summed E-state index contributed by atoms with van der Waals surface area (Å²) < 4.78 is 7.64. The molecule has 12 aromatic rings. The molecule has 57 heavy (non-hydrogen) atoms. The summed E-state index contributed by atoms with van der Waals surface area (Å²) in [7, 11) is 0. The normalized spacial score (nSPS) is 11.9. The second-order valence-electron chi connectivity index (χ2n) is 14.3. The van der Waals surface area contributed by atoms with Crippen LogP contribution in [0.1, 0.15) is 0 Å². The highest BCUT2D eigenvalue weighted by molar-refractivity contribution is 7.26. The summed E-state index contributed by atoms with van der Waals surface area (Å²) in [5.41, 5.74) is 8.72. The average Bonchev–Trinajstić information content (AvgIpc) is 3.96. The maximum atomic E-state index is 5.18. The van der Waals surface area contributed by atoms with Crippen molar-refractivity contribution < 1.29 is 0 Å². The molecule has 0 bridgehead atoms. The number of thiophene rings is 2. The molecule has 0 N–H and O–H groups in total. The predicted molar refractivity (Wildman–Crippen MR) is 242 cm³/mol. The van der Waals surface area contributed by atoms with Crippen LogP contribution in [0.2, 0.25) is 0 Å². The lowest BCUT2D eigenvalue weighted by molar-refractivity contribution is 1.08. The van der Waals surface area contributed by atoms with E-state index < -0.39 is 0 Å². The first-order valence-corrected chi connectivity index (χ1v) is 20.7. The summed E-state index contributed by atoms with van der Waals surface area (Å²) >= 11 is 3.75. The van der Waals surface area contributed by atoms with Crippen LogP contribution in [-0.2, 0) is 0 Å². The summed E-state index contributed by atoms with van der Waals surface area (Å²) in [5.74, 6) is 1.94. The van der Waals surface area contributed by atoms with E-state index in [0.717, 1.165) is 44.2 Å². The lowest BCUT2D eigenvalue weighted by atomic mass is 9.97. The summed E-state index contributed by atoms with van der Waals surface area (Å²) in [4.78, 5) is 15.4. The van der Waals surface area contributed by atoms with Crippen LogP contribution in [0, 0.1) is 0 Å². The van der Waals surface area contributed by atoms with Crippen molar-refractivity contribution in [1.82, 2.24) is 19.5 Å². The molecule has 266 valence electrons. The molecule has 0 amide bonds. The molecule has 0 aliphatic carbocycles. The third-order valence-electron chi connectivity index (χ3n) is 11.1. The number of para-hydroxylation sites is 1. The molecule has 0 aliphatic rings. The van der Waals surface area contributed by atoms with E-state index in [1.807, 2.05) is 59.1 Å². The first-order valence-electron chi connectivity index (χ1n) is 19.0. The van der Waals surface area contributed by atoms with Gasteiger partial charge in [0, 0.05) is 79.1 Å². The Kier molecular flexibility index (Phi) is 7.24. The molecule has 0 aliphatic heterocycles. The molecule has 4 nitrogen and oxygen atoms in total. The van der Waals surface area contributed by atoms with Crippen molar-refractivity contribution in [3.05, 3.63) is 182 Å². The van der Waals surface area contributed by atoms with Crippen LogP contribution in [0.3, 0.4) is 0 Å². The van der Waals surface area contributed by atoms with Crippen molar-refractivity contribution in [2.45, 2.75) is 0 Å². The number of hydrogen-bond donors (Lipinski definition) is 0. The van der Waals surface area contributed by atoms with Gasteiger partial charge in [-0.2, -0.15) is 0 Å². The molecule has 0 radical (unpaired) electrons. The van der Waals surface area contributed by atoms with E-state index in [0.29, 0.717) is 17.5 Å². The van der Waals surface area contributed by atoms with Crippen LogP contribution >= 0.6 is 22.7 Å². The zero-order valence-corrected chi connectivity index (χ0v) is 32.1. The largest absolute Gasteiger partial charge is 0.309 e. The summed E-state index contributed by atoms with van der Waals surface area (Å²) in [6.07, 6.45) is 0. The van der Waals surface area contributed by atoms with E-state index >= 15 is 0 Å². The van der Waals surface area contributed by atoms with Gasteiger partial charge in [0.25, 0.3) is 0 Å². The Hall–Kier alpha value is -6.99. The molecular weight excluding hydrogens is 733 g/mol. The van der Waals surface area contributed by atoms with Crippen molar-refractivity contribution in [2.24, 2.45) is 0 Å². The first kappa shape index (κ1) is 32.3. The molecule has 4 aromatic heterocycles. The zero-order chi connectivity index (χ0) is 37.5. The van der Waals surface area contributed by atoms with Crippen molar-refractivity contribution in [1.29, 1.82) is 0 Å². The molecule has 12 rings (SSSR count). The second kappa shape index (κ2) is 12.8. The Morgan fingerprint density at radius 3 is 1.67 bits per heavy atom. The van der Waals surface area contributed by atoms with Gasteiger partial charge in [0.05, 0.1) is 11.0 Å². The molecule has 0 unspecified atom stereocenters. The Balaban J connectivity index is 1.16. The summed E-state index contributed by atoms with van der Waals surface area (Å²) in [6.45, 7) is 0. The molecule has 0 atom stereocenters. The Bertz CT molecular complexity index is 3470. The molecule has 8 aromatic carbocycles. The van der Waals surface area contributed by atoms with Crippen LogP contribution in [0.15, 0.2) is 182 Å². The predicted octanol–water partition coefficient (Wildman–Crippen LogP) is 14.4. The van der Waals surface area contributed by atoms with Gasteiger partial charge in [-0.15, -0.1) is 22.7 Å².